The van der Waals surface area contributed by atoms with E-state index in [1.54, 1.807) is 19.1 Å². The van der Waals surface area contributed by atoms with Gasteiger partial charge in [0.05, 0.1) is 0 Å². The van der Waals surface area contributed by atoms with Crippen LogP contribution in [0, 0.1) is 6.92 Å². The van der Waals surface area contributed by atoms with E-state index >= 15 is 0 Å². The summed E-state index contributed by atoms with van der Waals surface area (Å²) in [4.78, 5) is 0. The molecule has 0 amide bonds. The first kappa shape index (κ1) is 9.20. The average Bonchev–Trinajstić information content (AvgIpc) is 1.91. The van der Waals surface area contributed by atoms with Crippen molar-refractivity contribution in [1.82, 2.24) is 0 Å². The molecular weight excluding hydrogens is 185 g/mol. The third-order valence-electron chi connectivity index (χ3n) is 1.30. The van der Waals surface area contributed by atoms with Gasteiger partial charge in [-0.15, -0.1) is 8.39 Å². The number of aryl methyl sites for hydroxylation is 1. The summed E-state index contributed by atoms with van der Waals surface area (Å²) in [7, 11) is -5.41. The quantitative estimate of drug-likeness (QED) is 0.671. The summed E-state index contributed by atoms with van der Waals surface area (Å²) in [5, 5.41) is 0. The number of halogens is 2. The van der Waals surface area contributed by atoms with Gasteiger partial charge < -0.3 is 4.52 Å². The highest BCUT2D eigenvalue weighted by atomic mass is 31.2. The largest absolute Gasteiger partial charge is 0.610 e. The predicted molar refractivity (Wildman–Crippen MR) is 41.6 cm³/mol. The van der Waals surface area contributed by atoms with Gasteiger partial charge in [0.1, 0.15) is 5.75 Å². The van der Waals surface area contributed by atoms with Crippen LogP contribution in [0.15, 0.2) is 24.3 Å². The lowest BCUT2D eigenvalue weighted by molar-refractivity contribution is 0.382. The molecule has 0 aromatic heterocycles. The molecule has 0 N–H and O–H groups in total. The van der Waals surface area contributed by atoms with Gasteiger partial charge in [-0.25, -0.2) is 4.57 Å². The zero-order chi connectivity index (χ0) is 9.19. The minimum Gasteiger partial charge on any atom is -0.398 e. The van der Waals surface area contributed by atoms with Crippen LogP contribution in [0.5, 0.6) is 5.75 Å². The molecule has 1 rings (SSSR count). The van der Waals surface area contributed by atoms with Gasteiger partial charge in [0.15, 0.2) is 0 Å². The topological polar surface area (TPSA) is 26.3 Å². The third-order valence-corrected chi connectivity index (χ3v) is 1.71. The molecule has 0 aliphatic carbocycles. The zero-order valence-corrected chi connectivity index (χ0v) is 7.22. The molecule has 66 valence electrons. The van der Waals surface area contributed by atoms with Crippen LogP contribution in [0.3, 0.4) is 0 Å². The summed E-state index contributed by atoms with van der Waals surface area (Å²) < 4.78 is 37.8. The van der Waals surface area contributed by atoms with E-state index in [1.165, 1.54) is 12.1 Å². The fraction of sp³-hybridized carbons (Fsp3) is 0.143. The Morgan fingerprint density at radius 3 is 2.42 bits per heavy atom. The molecule has 0 saturated carbocycles. The van der Waals surface area contributed by atoms with E-state index < -0.39 is 7.99 Å². The smallest absolute Gasteiger partial charge is 0.398 e. The lowest BCUT2D eigenvalue weighted by Gasteiger charge is -2.05. The number of benzene rings is 1. The number of para-hydroxylation sites is 1. The minimum absolute atomic E-state index is 0.0363. The van der Waals surface area contributed by atoms with Crippen LogP contribution in [0.1, 0.15) is 5.56 Å². The molecule has 0 atom stereocenters. The Morgan fingerprint density at radius 1 is 1.33 bits per heavy atom. The highest BCUT2D eigenvalue weighted by Gasteiger charge is 2.23. The summed E-state index contributed by atoms with van der Waals surface area (Å²) in [6.45, 7) is 1.60. The summed E-state index contributed by atoms with van der Waals surface area (Å²) in [6, 6.07) is 6.17. The van der Waals surface area contributed by atoms with Crippen LogP contribution in [0.4, 0.5) is 8.39 Å². The zero-order valence-electron chi connectivity index (χ0n) is 6.33. The molecule has 0 aliphatic heterocycles. The van der Waals surface area contributed by atoms with Gasteiger partial charge in [-0.05, 0) is 18.6 Å². The second kappa shape index (κ2) is 3.23. The van der Waals surface area contributed by atoms with Gasteiger partial charge >= 0.3 is 7.99 Å². The molecule has 12 heavy (non-hydrogen) atoms. The number of hydrogen-bond acceptors (Lipinski definition) is 2. The van der Waals surface area contributed by atoms with E-state index in [1.807, 2.05) is 0 Å². The number of rotatable bonds is 2. The maximum absolute atomic E-state index is 11.9. The van der Waals surface area contributed by atoms with Crippen molar-refractivity contribution in [1.29, 1.82) is 0 Å². The van der Waals surface area contributed by atoms with Crippen LogP contribution >= 0.6 is 7.99 Å². The van der Waals surface area contributed by atoms with Crippen molar-refractivity contribution in [2.45, 2.75) is 6.92 Å². The van der Waals surface area contributed by atoms with E-state index in [4.69, 9.17) is 0 Å². The van der Waals surface area contributed by atoms with Crippen LogP contribution in [-0.4, -0.2) is 0 Å². The predicted octanol–water partition coefficient (Wildman–Crippen LogP) is 3.42. The Bertz CT molecular complexity index is 321. The molecule has 2 nitrogen and oxygen atoms in total. The van der Waals surface area contributed by atoms with Crippen molar-refractivity contribution in [2.75, 3.05) is 0 Å². The van der Waals surface area contributed by atoms with Crippen molar-refractivity contribution < 1.29 is 17.5 Å². The summed E-state index contributed by atoms with van der Waals surface area (Å²) in [5.41, 5.74) is 0.535. The van der Waals surface area contributed by atoms with Crippen LogP contribution in [-0.2, 0) is 4.57 Å². The van der Waals surface area contributed by atoms with Gasteiger partial charge in [-0.1, -0.05) is 18.2 Å². The summed E-state index contributed by atoms with van der Waals surface area (Å²) in [6.07, 6.45) is 0. The highest BCUT2D eigenvalue weighted by Crippen LogP contribution is 2.50. The first-order valence-electron chi connectivity index (χ1n) is 3.23. The van der Waals surface area contributed by atoms with E-state index in [9.17, 15) is 13.0 Å². The molecule has 0 heterocycles. The first-order chi connectivity index (χ1) is 5.49. The average molecular weight is 192 g/mol. The van der Waals surface area contributed by atoms with E-state index in [0.29, 0.717) is 5.56 Å². The first-order valence-corrected chi connectivity index (χ1v) is 4.64. The molecule has 1 aromatic carbocycles. The molecule has 0 unspecified atom stereocenters. The normalized spacial score (nSPS) is 11.2. The second-order valence-corrected chi connectivity index (χ2v) is 3.28. The van der Waals surface area contributed by atoms with Gasteiger partial charge in [0.25, 0.3) is 0 Å². The Labute approximate surface area is 68.9 Å². The van der Waals surface area contributed by atoms with Crippen molar-refractivity contribution >= 4 is 7.99 Å². The molecule has 5 heteroatoms. The van der Waals surface area contributed by atoms with Crippen LogP contribution in [0.2, 0.25) is 0 Å². The molecule has 0 spiro atoms. The van der Waals surface area contributed by atoms with Gasteiger partial charge in [0, 0.05) is 0 Å². The van der Waals surface area contributed by atoms with Crippen molar-refractivity contribution in [2.24, 2.45) is 0 Å². The van der Waals surface area contributed by atoms with Crippen molar-refractivity contribution in [3.8, 4) is 5.75 Å². The molecule has 0 saturated heterocycles. The Kier molecular flexibility index (Phi) is 2.48. The van der Waals surface area contributed by atoms with Gasteiger partial charge in [-0.2, -0.15) is 0 Å². The van der Waals surface area contributed by atoms with Crippen LogP contribution < -0.4 is 4.52 Å². The molecule has 0 bridgehead atoms. The van der Waals surface area contributed by atoms with Crippen molar-refractivity contribution in [3.63, 3.8) is 0 Å². The third kappa shape index (κ3) is 2.62. The van der Waals surface area contributed by atoms with E-state index in [-0.39, 0.29) is 5.75 Å². The summed E-state index contributed by atoms with van der Waals surface area (Å²) >= 11 is 0. The van der Waals surface area contributed by atoms with Crippen LogP contribution in [0.25, 0.3) is 0 Å². The molecule has 1 aromatic rings. The molecule has 0 radical (unpaired) electrons. The maximum Gasteiger partial charge on any atom is 0.610 e. The number of hydrogen-bond donors (Lipinski definition) is 0. The maximum atomic E-state index is 11.9. The molecular formula is C7H7F2O2P. The minimum atomic E-state index is -5.41. The monoisotopic (exact) mass is 192 g/mol. The van der Waals surface area contributed by atoms with E-state index in [2.05, 4.69) is 4.52 Å². The molecule has 0 fully saturated rings. The SMILES string of the molecule is Cc1ccccc1OP(=O)(F)F. The van der Waals surface area contributed by atoms with Crippen molar-refractivity contribution in [3.05, 3.63) is 29.8 Å². The van der Waals surface area contributed by atoms with Gasteiger partial charge in [-0.3, -0.25) is 0 Å². The highest BCUT2D eigenvalue weighted by molar-refractivity contribution is 7.48. The van der Waals surface area contributed by atoms with Gasteiger partial charge in [0.2, 0.25) is 0 Å². The lowest BCUT2D eigenvalue weighted by Crippen LogP contribution is -1.85. The fourth-order valence-corrected chi connectivity index (χ4v) is 1.21. The standard InChI is InChI=1S/C7H7F2O2P/c1-6-4-2-3-5-7(6)11-12(8,9)10/h2-5H,1H3. The Morgan fingerprint density at radius 2 is 1.92 bits per heavy atom. The van der Waals surface area contributed by atoms with E-state index in [0.717, 1.165) is 0 Å². The second-order valence-electron chi connectivity index (χ2n) is 2.27. The molecule has 0 aliphatic rings. The lowest BCUT2D eigenvalue weighted by atomic mass is 10.2. The summed E-state index contributed by atoms with van der Waals surface area (Å²) in [5.74, 6) is -0.0363. The Balaban J connectivity index is 2.90. The Hall–Kier alpha value is -0.890. The fourth-order valence-electron chi connectivity index (χ4n) is 0.773.